The molecule has 1 heterocycles. The summed E-state index contributed by atoms with van der Waals surface area (Å²) in [5.74, 6) is -2.24. The second-order valence-electron chi connectivity index (χ2n) is 9.07. The molecule has 1 aliphatic heterocycles. The number of carbonyl (C=O) groups excluding carboxylic acids is 3. The van der Waals surface area contributed by atoms with E-state index in [4.69, 9.17) is 4.74 Å². The van der Waals surface area contributed by atoms with Gasteiger partial charge in [-0.15, -0.1) is 0 Å². The molecular formula is C28H22BrNO4. The Hall–Kier alpha value is -3.25. The van der Waals surface area contributed by atoms with Crippen molar-refractivity contribution in [3.05, 3.63) is 101 Å². The zero-order valence-electron chi connectivity index (χ0n) is 18.5. The van der Waals surface area contributed by atoms with Gasteiger partial charge in [-0.1, -0.05) is 77.5 Å². The van der Waals surface area contributed by atoms with E-state index in [9.17, 15) is 14.4 Å². The Kier molecular flexibility index (Phi) is 4.78. The first-order valence-electron chi connectivity index (χ1n) is 11.5. The van der Waals surface area contributed by atoms with Gasteiger partial charge < -0.3 is 4.74 Å². The molecule has 2 bridgehead atoms. The molecule has 3 aliphatic carbocycles. The van der Waals surface area contributed by atoms with Gasteiger partial charge in [-0.05, 0) is 46.9 Å². The Balaban J connectivity index is 1.48. The number of alkyl halides is 1. The minimum atomic E-state index is -0.793. The number of carbonyl (C=O) groups is 3. The third-order valence-corrected chi connectivity index (χ3v) is 8.64. The van der Waals surface area contributed by atoms with Gasteiger partial charge in [0, 0.05) is 5.92 Å². The molecule has 0 N–H and O–H groups in total. The lowest BCUT2D eigenvalue weighted by Gasteiger charge is -2.51. The van der Waals surface area contributed by atoms with Crippen LogP contribution < -0.4 is 4.90 Å². The molecule has 0 unspecified atom stereocenters. The number of halogens is 1. The highest BCUT2D eigenvalue weighted by molar-refractivity contribution is 9.09. The molecule has 4 aliphatic rings. The maximum Gasteiger partial charge on any atom is 0.338 e. The molecule has 170 valence electrons. The number of nitrogens with zero attached hydrogens (tertiary/aromatic N) is 1. The van der Waals surface area contributed by atoms with Crippen LogP contribution in [0, 0.1) is 11.8 Å². The highest BCUT2D eigenvalue weighted by Crippen LogP contribution is 2.66. The van der Waals surface area contributed by atoms with Gasteiger partial charge in [0.25, 0.3) is 0 Å². The average molecular weight is 516 g/mol. The Morgan fingerprint density at radius 3 is 2.24 bits per heavy atom. The van der Waals surface area contributed by atoms with E-state index in [0.29, 0.717) is 24.3 Å². The van der Waals surface area contributed by atoms with Gasteiger partial charge in [-0.2, -0.15) is 0 Å². The normalized spacial score (nSPS) is 26.2. The number of benzene rings is 3. The summed E-state index contributed by atoms with van der Waals surface area (Å²) in [7, 11) is 0. The second kappa shape index (κ2) is 7.64. The van der Waals surface area contributed by atoms with E-state index in [2.05, 4.69) is 28.1 Å². The standard InChI is InChI=1S/C28H22BrNO4/c1-2-14-34-27(33)16-8-7-9-17(15-16)30-25(31)23-22-18-10-3-5-12-20(18)28(29,24(23)26(30)32)21-13-6-4-11-19(21)22/h3-13,15,22-24H,2,14H2,1H3/t22?,23-,24+,28?/m1/s1. The van der Waals surface area contributed by atoms with Crippen molar-refractivity contribution in [3.8, 4) is 0 Å². The fraction of sp³-hybridized carbons (Fsp3) is 0.250. The summed E-state index contributed by atoms with van der Waals surface area (Å²) >= 11 is 4.00. The maximum atomic E-state index is 14.0. The van der Waals surface area contributed by atoms with E-state index >= 15 is 0 Å². The molecule has 2 amide bonds. The Labute approximate surface area is 205 Å². The summed E-state index contributed by atoms with van der Waals surface area (Å²) in [6, 6.07) is 22.7. The summed E-state index contributed by atoms with van der Waals surface area (Å²) in [6.45, 7) is 2.24. The lowest BCUT2D eigenvalue weighted by molar-refractivity contribution is -0.122. The van der Waals surface area contributed by atoms with E-state index in [1.807, 2.05) is 43.3 Å². The van der Waals surface area contributed by atoms with Crippen LogP contribution in [-0.4, -0.2) is 24.4 Å². The first-order valence-corrected chi connectivity index (χ1v) is 12.3. The predicted octanol–water partition coefficient (Wildman–Crippen LogP) is 5.16. The highest BCUT2D eigenvalue weighted by Gasteiger charge is 2.67. The molecule has 1 fully saturated rings. The van der Waals surface area contributed by atoms with E-state index in [-0.39, 0.29) is 17.7 Å². The zero-order chi connectivity index (χ0) is 23.6. The van der Waals surface area contributed by atoms with Crippen LogP contribution in [-0.2, 0) is 18.7 Å². The van der Waals surface area contributed by atoms with Crippen molar-refractivity contribution in [1.82, 2.24) is 0 Å². The monoisotopic (exact) mass is 515 g/mol. The fourth-order valence-electron chi connectivity index (χ4n) is 5.98. The molecule has 2 atom stereocenters. The molecule has 3 aromatic carbocycles. The molecule has 3 aromatic rings. The number of rotatable bonds is 4. The molecule has 5 nitrogen and oxygen atoms in total. The van der Waals surface area contributed by atoms with Crippen LogP contribution in [0.25, 0.3) is 0 Å². The van der Waals surface area contributed by atoms with Crippen molar-refractivity contribution in [2.24, 2.45) is 11.8 Å². The third kappa shape index (κ3) is 2.69. The van der Waals surface area contributed by atoms with Crippen molar-refractivity contribution < 1.29 is 19.1 Å². The molecule has 1 saturated heterocycles. The number of anilines is 1. The molecule has 6 heteroatoms. The molecule has 0 radical (unpaired) electrons. The van der Waals surface area contributed by atoms with Crippen LogP contribution in [0.15, 0.2) is 72.8 Å². The summed E-state index contributed by atoms with van der Waals surface area (Å²) < 4.78 is 4.46. The molecule has 0 spiro atoms. The first kappa shape index (κ1) is 21.3. The van der Waals surface area contributed by atoms with Crippen molar-refractivity contribution in [2.75, 3.05) is 11.5 Å². The summed E-state index contributed by atoms with van der Waals surface area (Å²) in [5.41, 5.74) is 4.97. The van der Waals surface area contributed by atoms with Gasteiger partial charge in [0.05, 0.1) is 34.0 Å². The zero-order valence-corrected chi connectivity index (χ0v) is 20.1. The minimum absolute atomic E-state index is 0.198. The average Bonchev–Trinajstić information content (AvgIpc) is 3.14. The molecule has 0 aromatic heterocycles. The van der Waals surface area contributed by atoms with Gasteiger partial charge in [0.1, 0.15) is 0 Å². The summed E-state index contributed by atoms with van der Waals surface area (Å²) in [5, 5.41) is 0. The number of amides is 2. The molecular weight excluding hydrogens is 494 g/mol. The van der Waals surface area contributed by atoms with Crippen LogP contribution in [0.5, 0.6) is 0 Å². The Morgan fingerprint density at radius 2 is 1.59 bits per heavy atom. The molecule has 0 saturated carbocycles. The minimum Gasteiger partial charge on any atom is -0.462 e. The maximum absolute atomic E-state index is 14.0. The van der Waals surface area contributed by atoms with Gasteiger partial charge in [-0.3, -0.25) is 9.59 Å². The Bertz CT molecular complexity index is 1320. The third-order valence-electron chi connectivity index (χ3n) is 7.29. The smallest absolute Gasteiger partial charge is 0.338 e. The summed E-state index contributed by atoms with van der Waals surface area (Å²) in [6.07, 6.45) is 0.716. The number of imide groups is 1. The van der Waals surface area contributed by atoms with E-state index in [1.54, 1.807) is 24.3 Å². The van der Waals surface area contributed by atoms with E-state index in [0.717, 1.165) is 22.3 Å². The van der Waals surface area contributed by atoms with Crippen LogP contribution in [0.2, 0.25) is 0 Å². The van der Waals surface area contributed by atoms with E-state index in [1.165, 1.54) is 4.90 Å². The van der Waals surface area contributed by atoms with E-state index < -0.39 is 22.1 Å². The number of hydrogen-bond donors (Lipinski definition) is 0. The summed E-state index contributed by atoms with van der Waals surface area (Å²) in [4.78, 5) is 41.6. The molecule has 7 rings (SSSR count). The fourth-order valence-corrected chi connectivity index (χ4v) is 7.19. The van der Waals surface area contributed by atoms with Crippen molar-refractivity contribution in [3.63, 3.8) is 0 Å². The van der Waals surface area contributed by atoms with Crippen molar-refractivity contribution >= 4 is 39.4 Å². The van der Waals surface area contributed by atoms with Crippen molar-refractivity contribution in [1.29, 1.82) is 0 Å². The largest absolute Gasteiger partial charge is 0.462 e. The van der Waals surface area contributed by atoms with Gasteiger partial charge in [-0.25, -0.2) is 9.69 Å². The predicted molar refractivity (Wildman–Crippen MR) is 131 cm³/mol. The van der Waals surface area contributed by atoms with Crippen LogP contribution >= 0.6 is 15.9 Å². The van der Waals surface area contributed by atoms with Crippen molar-refractivity contribution in [2.45, 2.75) is 23.6 Å². The topological polar surface area (TPSA) is 63.7 Å². The lowest BCUT2D eigenvalue weighted by atomic mass is 9.55. The molecule has 34 heavy (non-hydrogen) atoms. The number of hydrogen-bond acceptors (Lipinski definition) is 4. The first-order chi connectivity index (χ1) is 16.5. The number of esters is 1. The SMILES string of the molecule is CCCOC(=O)c1cccc(N2C(=O)[C@@H]3C4c5ccccc5C(Br)(c5ccccc54)[C@@H]3C2=O)c1. The van der Waals surface area contributed by atoms with Crippen LogP contribution in [0.3, 0.4) is 0 Å². The highest BCUT2D eigenvalue weighted by atomic mass is 79.9. The van der Waals surface area contributed by atoms with Gasteiger partial charge in [0.2, 0.25) is 11.8 Å². The lowest BCUT2D eigenvalue weighted by Crippen LogP contribution is -2.50. The number of ether oxygens (including phenoxy) is 1. The quantitative estimate of drug-likeness (QED) is 0.273. The van der Waals surface area contributed by atoms with Gasteiger partial charge >= 0.3 is 5.97 Å². The second-order valence-corrected chi connectivity index (χ2v) is 10.3. The van der Waals surface area contributed by atoms with Crippen LogP contribution in [0.4, 0.5) is 5.69 Å². The van der Waals surface area contributed by atoms with Crippen LogP contribution in [0.1, 0.15) is 51.9 Å². The van der Waals surface area contributed by atoms with Gasteiger partial charge in [0.15, 0.2) is 0 Å². The Morgan fingerprint density at radius 1 is 0.941 bits per heavy atom.